The smallest absolute Gasteiger partial charge is 0.0822 e. The first-order valence-corrected chi connectivity index (χ1v) is 6.74. The van der Waals surface area contributed by atoms with Crippen LogP contribution in [0.2, 0.25) is 0 Å². The molecule has 0 aromatic heterocycles. The SMILES string of the molecule is CC(C#N)(c1ccccc1)C1CCCCCC1. The lowest BCUT2D eigenvalue weighted by Crippen LogP contribution is -2.30. The fourth-order valence-corrected chi connectivity index (χ4v) is 3.03. The highest BCUT2D eigenvalue weighted by atomic mass is 14.4. The van der Waals surface area contributed by atoms with Gasteiger partial charge in [0.05, 0.1) is 11.5 Å². The summed E-state index contributed by atoms with van der Waals surface area (Å²) in [4.78, 5) is 0. The van der Waals surface area contributed by atoms with Gasteiger partial charge in [0.2, 0.25) is 0 Å². The molecule has 0 saturated heterocycles. The van der Waals surface area contributed by atoms with Crippen molar-refractivity contribution in [1.82, 2.24) is 0 Å². The van der Waals surface area contributed by atoms with Gasteiger partial charge < -0.3 is 0 Å². The molecule has 0 radical (unpaired) electrons. The molecule has 1 aromatic rings. The number of nitriles is 1. The van der Waals surface area contributed by atoms with Gasteiger partial charge in [-0.05, 0) is 31.2 Å². The molecule has 1 nitrogen and oxygen atoms in total. The molecule has 0 spiro atoms. The zero-order chi connectivity index (χ0) is 12.1. The van der Waals surface area contributed by atoms with Gasteiger partial charge in [0.15, 0.2) is 0 Å². The molecule has 1 saturated carbocycles. The van der Waals surface area contributed by atoms with Gasteiger partial charge in [-0.15, -0.1) is 0 Å². The number of rotatable bonds is 2. The van der Waals surface area contributed by atoms with E-state index in [1.54, 1.807) is 0 Å². The molecule has 1 unspecified atom stereocenters. The summed E-state index contributed by atoms with van der Waals surface area (Å²) < 4.78 is 0. The third-order valence-electron chi connectivity index (χ3n) is 4.28. The maximum atomic E-state index is 9.63. The molecule has 0 aliphatic heterocycles. The van der Waals surface area contributed by atoms with E-state index in [0.29, 0.717) is 5.92 Å². The highest BCUT2D eigenvalue weighted by molar-refractivity contribution is 5.32. The molecule has 0 heterocycles. The van der Waals surface area contributed by atoms with Crippen molar-refractivity contribution >= 4 is 0 Å². The zero-order valence-electron chi connectivity index (χ0n) is 10.7. The molecule has 0 amide bonds. The van der Waals surface area contributed by atoms with E-state index in [9.17, 15) is 5.26 Å². The first-order chi connectivity index (χ1) is 8.27. The third-order valence-corrected chi connectivity index (χ3v) is 4.28. The van der Waals surface area contributed by atoms with Crippen molar-refractivity contribution in [3.8, 4) is 6.07 Å². The topological polar surface area (TPSA) is 23.8 Å². The average molecular weight is 227 g/mol. The summed E-state index contributed by atoms with van der Waals surface area (Å²) in [6.45, 7) is 2.12. The summed E-state index contributed by atoms with van der Waals surface area (Å²) in [5.74, 6) is 0.525. The van der Waals surface area contributed by atoms with Crippen molar-refractivity contribution in [2.75, 3.05) is 0 Å². The van der Waals surface area contributed by atoms with Gasteiger partial charge in [-0.3, -0.25) is 0 Å². The lowest BCUT2D eigenvalue weighted by Gasteiger charge is -2.31. The van der Waals surface area contributed by atoms with Crippen molar-refractivity contribution in [3.63, 3.8) is 0 Å². The molecule has 0 N–H and O–H groups in total. The van der Waals surface area contributed by atoms with Crippen molar-refractivity contribution < 1.29 is 0 Å². The highest BCUT2D eigenvalue weighted by Gasteiger charge is 2.35. The van der Waals surface area contributed by atoms with Crippen molar-refractivity contribution in [3.05, 3.63) is 35.9 Å². The molecule has 1 aliphatic carbocycles. The Labute approximate surface area is 104 Å². The lowest BCUT2D eigenvalue weighted by atomic mass is 9.70. The van der Waals surface area contributed by atoms with E-state index < -0.39 is 0 Å². The van der Waals surface area contributed by atoms with Crippen LogP contribution in [0.25, 0.3) is 0 Å². The Morgan fingerprint density at radius 2 is 1.65 bits per heavy atom. The van der Waals surface area contributed by atoms with Crippen LogP contribution < -0.4 is 0 Å². The molecule has 90 valence electrons. The fraction of sp³-hybridized carbons (Fsp3) is 0.562. The summed E-state index contributed by atoms with van der Waals surface area (Å²) >= 11 is 0. The fourth-order valence-electron chi connectivity index (χ4n) is 3.03. The van der Waals surface area contributed by atoms with E-state index in [4.69, 9.17) is 0 Å². The number of hydrogen-bond acceptors (Lipinski definition) is 1. The second-order valence-electron chi connectivity index (χ2n) is 5.37. The van der Waals surface area contributed by atoms with E-state index in [1.807, 2.05) is 18.2 Å². The molecule has 1 fully saturated rings. The number of hydrogen-bond donors (Lipinski definition) is 0. The largest absolute Gasteiger partial charge is 0.197 e. The summed E-state index contributed by atoms with van der Waals surface area (Å²) in [5, 5.41) is 9.63. The van der Waals surface area contributed by atoms with Crippen LogP contribution in [-0.4, -0.2) is 0 Å². The van der Waals surface area contributed by atoms with E-state index in [0.717, 1.165) is 0 Å². The summed E-state index contributed by atoms with van der Waals surface area (Å²) in [6.07, 6.45) is 7.67. The minimum Gasteiger partial charge on any atom is -0.197 e. The maximum Gasteiger partial charge on any atom is 0.0822 e. The molecule has 1 aliphatic rings. The van der Waals surface area contributed by atoms with Gasteiger partial charge in [-0.2, -0.15) is 5.26 Å². The third kappa shape index (κ3) is 2.52. The van der Waals surface area contributed by atoms with Crippen molar-refractivity contribution in [2.24, 2.45) is 5.92 Å². The predicted molar refractivity (Wildman–Crippen MR) is 70.6 cm³/mol. The lowest BCUT2D eigenvalue weighted by molar-refractivity contribution is 0.325. The Balaban J connectivity index is 2.27. The van der Waals surface area contributed by atoms with Gasteiger partial charge in [0.25, 0.3) is 0 Å². The van der Waals surface area contributed by atoms with Gasteiger partial charge in [0.1, 0.15) is 0 Å². The number of benzene rings is 1. The van der Waals surface area contributed by atoms with Crippen LogP contribution in [0.4, 0.5) is 0 Å². The van der Waals surface area contributed by atoms with Crippen LogP contribution in [0, 0.1) is 17.2 Å². The Kier molecular flexibility index (Phi) is 3.84. The molecular weight excluding hydrogens is 206 g/mol. The van der Waals surface area contributed by atoms with Crippen LogP contribution >= 0.6 is 0 Å². The van der Waals surface area contributed by atoms with Gasteiger partial charge in [0, 0.05) is 0 Å². The Morgan fingerprint density at radius 1 is 1.06 bits per heavy atom. The Bertz CT molecular complexity index is 382. The standard InChI is InChI=1S/C16H21N/c1-16(13-17,15-11-7-4-8-12-15)14-9-5-2-3-6-10-14/h4,7-8,11-12,14H,2-3,5-6,9-10H2,1H3. The van der Waals surface area contributed by atoms with Crippen LogP contribution in [0.3, 0.4) is 0 Å². The van der Waals surface area contributed by atoms with Crippen LogP contribution in [0.5, 0.6) is 0 Å². The highest BCUT2D eigenvalue weighted by Crippen LogP contribution is 2.39. The molecule has 1 heteroatoms. The average Bonchev–Trinajstić information content (AvgIpc) is 2.68. The van der Waals surface area contributed by atoms with E-state index in [1.165, 1.54) is 44.1 Å². The van der Waals surface area contributed by atoms with E-state index >= 15 is 0 Å². The van der Waals surface area contributed by atoms with Gasteiger partial charge >= 0.3 is 0 Å². The van der Waals surface area contributed by atoms with E-state index in [-0.39, 0.29) is 5.41 Å². The van der Waals surface area contributed by atoms with Crippen LogP contribution in [0.15, 0.2) is 30.3 Å². The van der Waals surface area contributed by atoms with E-state index in [2.05, 4.69) is 25.1 Å². The van der Waals surface area contributed by atoms with Crippen molar-refractivity contribution in [1.29, 1.82) is 5.26 Å². The minimum atomic E-state index is -0.300. The Hall–Kier alpha value is -1.29. The second kappa shape index (κ2) is 5.36. The quantitative estimate of drug-likeness (QED) is 0.685. The zero-order valence-corrected chi connectivity index (χ0v) is 10.7. The van der Waals surface area contributed by atoms with Crippen LogP contribution in [-0.2, 0) is 5.41 Å². The maximum absolute atomic E-state index is 9.63. The molecule has 2 rings (SSSR count). The molecule has 1 atom stereocenters. The Morgan fingerprint density at radius 3 is 2.18 bits per heavy atom. The molecule has 0 bridgehead atoms. The van der Waals surface area contributed by atoms with Crippen LogP contribution in [0.1, 0.15) is 51.0 Å². The monoisotopic (exact) mass is 227 g/mol. The second-order valence-corrected chi connectivity index (χ2v) is 5.37. The summed E-state index contributed by atoms with van der Waals surface area (Å²) in [7, 11) is 0. The summed E-state index contributed by atoms with van der Waals surface area (Å²) in [6, 6.07) is 12.9. The molecule has 17 heavy (non-hydrogen) atoms. The molecule has 1 aromatic carbocycles. The predicted octanol–water partition coefficient (Wildman–Crippen LogP) is 4.44. The van der Waals surface area contributed by atoms with Gasteiger partial charge in [-0.25, -0.2) is 0 Å². The molecular formula is C16H21N. The number of nitrogens with zero attached hydrogens (tertiary/aromatic N) is 1. The summed E-state index contributed by atoms with van der Waals surface area (Å²) in [5.41, 5.74) is 0.889. The normalized spacial score (nSPS) is 21.2. The van der Waals surface area contributed by atoms with Gasteiger partial charge in [-0.1, -0.05) is 56.0 Å². The minimum absolute atomic E-state index is 0.300. The first-order valence-electron chi connectivity index (χ1n) is 6.74. The first kappa shape index (κ1) is 12.2. The van der Waals surface area contributed by atoms with Crippen molar-refractivity contribution in [2.45, 2.75) is 50.9 Å².